The quantitative estimate of drug-likeness (QED) is 0.818. The van der Waals surface area contributed by atoms with E-state index in [9.17, 15) is 10.1 Å². The summed E-state index contributed by atoms with van der Waals surface area (Å²) in [5.74, 6) is 0.00305. The number of nitriles is 1. The van der Waals surface area contributed by atoms with Gasteiger partial charge in [-0.2, -0.15) is 5.26 Å². The third kappa shape index (κ3) is 2.77. The number of nitrogens with one attached hydrogen (secondary N) is 1. The normalized spacial score (nSPS) is 16.0. The van der Waals surface area contributed by atoms with E-state index in [0.29, 0.717) is 11.1 Å². The highest BCUT2D eigenvalue weighted by atomic mass is 79.9. The Morgan fingerprint density at radius 1 is 1.32 bits per heavy atom. The molecule has 0 aliphatic heterocycles. The van der Waals surface area contributed by atoms with Crippen molar-refractivity contribution < 1.29 is 4.79 Å². The van der Waals surface area contributed by atoms with E-state index >= 15 is 0 Å². The molecule has 0 bridgehead atoms. The van der Waals surface area contributed by atoms with E-state index in [0.717, 1.165) is 23.0 Å². The molecule has 1 atom stereocenters. The average Bonchev–Trinajstić information content (AvgIpc) is 2.89. The topological polar surface area (TPSA) is 52.9 Å². The van der Waals surface area contributed by atoms with E-state index in [4.69, 9.17) is 0 Å². The summed E-state index contributed by atoms with van der Waals surface area (Å²) in [5.41, 5.74) is 4.51. The lowest BCUT2D eigenvalue weighted by atomic mass is 10.0. The van der Waals surface area contributed by atoms with Crippen LogP contribution in [0.5, 0.6) is 0 Å². The minimum Gasteiger partial charge on any atom is -0.377 e. The van der Waals surface area contributed by atoms with Crippen molar-refractivity contribution in [2.45, 2.75) is 25.8 Å². The number of rotatable bonds is 3. The van der Waals surface area contributed by atoms with Crippen LogP contribution in [0.25, 0.3) is 0 Å². The molecule has 0 spiro atoms. The maximum atomic E-state index is 11.6. The monoisotopic (exact) mass is 354 g/mol. The number of aryl methyl sites for hydroxylation is 1. The molecule has 2 aromatic carbocycles. The van der Waals surface area contributed by atoms with Gasteiger partial charge in [0.15, 0.2) is 5.78 Å². The van der Waals surface area contributed by atoms with Gasteiger partial charge in [-0.15, -0.1) is 0 Å². The molecular formula is C18H15BrN2O. The molecule has 3 nitrogen and oxygen atoms in total. The minimum atomic E-state index is 0.00305. The van der Waals surface area contributed by atoms with E-state index in [1.54, 1.807) is 18.2 Å². The highest BCUT2D eigenvalue weighted by molar-refractivity contribution is 9.10. The lowest BCUT2D eigenvalue weighted by Crippen LogP contribution is -2.09. The number of ketones is 1. The molecule has 110 valence electrons. The predicted molar refractivity (Wildman–Crippen MR) is 90.0 cm³/mol. The summed E-state index contributed by atoms with van der Waals surface area (Å²) in [6.07, 6.45) is 2.00. The van der Waals surface area contributed by atoms with Crippen LogP contribution in [-0.2, 0) is 6.42 Å². The van der Waals surface area contributed by atoms with Crippen molar-refractivity contribution in [3.05, 3.63) is 63.1 Å². The summed E-state index contributed by atoms with van der Waals surface area (Å²) in [6.45, 7) is 1.54. The van der Waals surface area contributed by atoms with Crippen LogP contribution in [0, 0.1) is 11.3 Å². The number of Topliss-reactive ketones (excluding diaryl/α,β-unsaturated/α-hetero) is 1. The van der Waals surface area contributed by atoms with E-state index in [1.807, 2.05) is 6.07 Å². The van der Waals surface area contributed by atoms with Crippen molar-refractivity contribution in [2.75, 3.05) is 5.32 Å². The fourth-order valence-electron chi connectivity index (χ4n) is 2.90. The number of carbonyl (C=O) groups is 1. The number of benzene rings is 2. The van der Waals surface area contributed by atoms with Crippen molar-refractivity contribution in [3.8, 4) is 6.07 Å². The molecule has 4 heteroatoms. The Hall–Kier alpha value is -2.12. The first-order valence-corrected chi connectivity index (χ1v) is 7.97. The van der Waals surface area contributed by atoms with E-state index < -0.39 is 0 Å². The van der Waals surface area contributed by atoms with Crippen molar-refractivity contribution in [3.63, 3.8) is 0 Å². The molecule has 1 unspecified atom stereocenters. The van der Waals surface area contributed by atoms with Crippen molar-refractivity contribution in [1.29, 1.82) is 5.26 Å². The Bertz CT molecular complexity index is 792. The fourth-order valence-corrected chi connectivity index (χ4v) is 3.31. The number of anilines is 1. The lowest BCUT2D eigenvalue weighted by Gasteiger charge is -2.17. The second kappa shape index (κ2) is 5.94. The third-order valence-corrected chi connectivity index (χ3v) is 4.55. The standard InChI is InChI=1S/C18H15BrN2O/c1-11(22)12-2-3-14(10-20)18(9-12)21-17-7-4-13-8-15(19)5-6-16(13)17/h2-3,5-6,8-9,17,21H,4,7H2,1H3. The molecule has 3 rings (SSSR count). The van der Waals surface area contributed by atoms with Crippen LogP contribution in [0.4, 0.5) is 5.69 Å². The molecular weight excluding hydrogens is 340 g/mol. The van der Waals surface area contributed by atoms with Gasteiger partial charge in [-0.1, -0.05) is 22.0 Å². The smallest absolute Gasteiger partial charge is 0.159 e. The molecule has 0 aromatic heterocycles. The molecule has 1 aliphatic carbocycles. The molecule has 0 amide bonds. The first kappa shape index (κ1) is 14.8. The van der Waals surface area contributed by atoms with Crippen LogP contribution in [0.3, 0.4) is 0 Å². The summed E-state index contributed by atoms with van der Waals surface area (Å²) in [5, 5.41) is 12.7. The zero-order valence-corrected chi connectivity index (χ0v) is 13.8. The molecule has 1 aliphatic rings. The number of hydrogen-bond acceptors (Lipinski definition) is 3. The predicted octanol–water partition coefficient (Wildman–Crippen LogP) is 4.62. The summed E-state index contributed by atoms with van der Waals surface area (Å²) in [7, 11) is 0. The molecule has 0 fully saturated rings. The highest BCUT2D eigenvalue weighted by Gasteiger charge is 2.23. The molecule has 0 heterocycles. The molecule has 1 N–H and O–H groups in total. The van der Waals surface area contributed by atoms with Gasteiger partial charge in [-0.3, -0.25) is 4.79 Å². The van der Waals surface area contributed by atoms with E-state index in [2.05, 4.69) is 39.4 Å². The van der Waals surface area contributed by atoms with Gasteiger partial charge < -0.3 is 5.32 Å². The highest BCUT2D eigenvalue weighted by Crippen LogP contribution is 2.36. The fraction of sp³-hybridized carbons (Fsp3) is 0.222. The van der Waals surface area contributed by atoms with Gasteiger partial charge in [-0.25, -0.2) is 0 Å². The zero-order valence-electron chi connectivity index (χ0n) is 12.2. The second-order valence-corrected chi connectivity index (χ2v) is 6.42. The first-order chi connectivity index (χ1) is 10.6. The Labute approximate surface area is 138 Å². The molecule has 0 saturated carbocycles. The van der Waals surface area contributed by atoms with Crippen LogP contribution in [0.1, 0.15) is 46.4 Å². The van der Waals surface area contributed by atoms with E-state index in [-0.39, 0.29) is 11.8 Å². The first-order valence-electron chi connectivity index (χ1n) is 7.18. The second-order valence-electron chi connectivity index (χ2n) is 5.51. The maximum Gasteiger partial charge on any atom is 0.159 e. The molecule has 0 radical (unpaired) electrons. The largest absolute Gasteiger partial charge is 0.377 e. The van der Waals surface area contributed by atoms with Gasteiger partial charge in [0.05, 0.1) is 17.3 Å². The van der Waals surface area contributed by atoms with Gasteiger partial charge in [0.25, 0.3) is 0 Å². The summed E-state index contributed by atoms with van der Waals surface area (Å²) < 4.78 is 1.09. The van der Waals surface area contributed by atoms with Crippen LogP contribution in [-0.4, -0.2) is 5.78 Å². The minimum absolute atomic E-state index is 0.00305. The van der Waals surface area contributed by atoms with Crippen LogP contribution in [0.15, 0.2) is 40.9 Å². The van der Waals surface area contributed by atoms with Gasteiger partial charge >= 0.3 is 0 Å². The Morgan fingerprint density at radius 2 is 2.14 bits per heavy atom. The molecule has 22 heavy (non-hydrogen) atoms. The number of hydrogen-bond donors (Lipinski definition) is 1. The van der Waals surface area contributed by atoms with Gasteiger partial charge in [0, 0.05) is 10.0 Å². The van der Waals surface area contributed by atoms with Gasteiger partial charge in [0.2, 0.25) is 0 Å². The van der Waals surface area contributed by atoms with E-state index in [1.165, 1.54) is 18.1 Å². The summed E-state index contributed by atoms with van der Waals surface area (Å²) in [6, 6.07) is 13.8. The number of carbonyl (C=O) groups excluding carboxylic acids is 1. The van der Waals surface area contributed by atoms with Crippen molar-refractivity contribution >= 4 is 27.4 Å². The summed E-state index contributed by atoms with van der Waals surface area (Å²) >= 11 is 3.50. The number of nitrogens with zero attached hydrogens (tertiary/aromatic N) is 1. The Balaban J connectivity index is 1.93. The maximum absolute atomic E-state index is 11.6. The Morgan fingerprint density at radius 3 is 2.86 bits per heavy atom. The zero-order chi connectivity index (χ0) is 15.7. The number of fused-ring (bicyclic) bond motifs is 1. The van der Waals surface area contributed by atoms with Gasteiger partial charge in [-0.05, 0) is 61.2 Å². The van der Waals surface area contributed by atoms with Crippen LogP contribution in [0.2, 0.25) is 0 Å². The van der Waals surface area contributed by atoms with Gasteiger partial charge in [0.1, 0.15) is 6.07 Å². The number of halogens is 1. The lowest BCUT2D eigenvalue weighted by molar-refractivity contribution is 0.101. The molecule has 0 saturated heterocycles. The van der Waals surface area contributed by atoms with Crippen LogP contribution < -0.4 is 5.32 Å². The SMILES string of the molecule is CC(=O)c1ccc(C#N)c(NC2CCc3cc(Br)ccc32)c1. The van der Waals surface area contributed by atoms with Crippen LogP contribution >= 0.6 is 15.9 Å². The Kier molecular flexibility index (Phi) is 4.00. The third-order valence-electron chi connectivity index (χ3n) is 4.06. The average molecular weight is 355 g/mol. The van der Waals surface area contributed by atoms with Crippen molar-refractivity contribution in [1.82, 2.24) is 0 Å². The summed E-state index contributed by atoms with van der Waals surface area (Å²) in [4.78, 5) is 11.6. The van der Waals surface area contributed by atoms with Crippen molar-refractivity contribution in [2.24, 2.45) is 0 Å². The molecule has 2 aromatic rings.